The number of H-pyrrole nitrogens is 1. The Morgan fingerprint density at radius 2 is 2.13 bits per heavy atom. The maximum atomic E-state index is 12.9. The second-order valence-corrected chi connectivity index (χ2v) is 7.57. The third kappa shape index (κ3) is 3.25. The molecule has 0 aliphatic carbocycles. The zero-order valence-corrected chi connectivity index (χ0v) is 16.9. The van der Waals surface area contributed by atoms with Crippen LogP contribution in [-0.2, 0) is 4.74 Å². The second kappa shape index (κ2) is 7.38. The molecule has 0 radical (unpaired) electrons. The summed E-state index contributed by atoms with van der Waals surface area (Å²) in [5.41, 5.74) is 4.37. The molecule has 8 nitrogen and oxygen atoms in total. The van der Waals surface area contributed by atoms with Crippen LogP contribution in [0.5, 0.6) is 0 Å². The van der Waals surface area contributed by atoms with Crippen LogP contribution in [0.4, 0.5) is 0 Å². The summed E-state index contributed by atoms with van der Waals surface area (Å²) < 4.78 is 7.63. The third-order valence-corrected chi connectivity index (χ3v) is 5.39. The molecule has 0 saturated carbocycles. The van der Waals surface area contributed by atoms with Crippen molar-refractivity contribution in [1.29, 1.82) is 0 Å². The van der Waals surface area contributed by atoms with Crippen molar-refractivity contribution < 1.29 is 9.53 Å². The summed E-state index contributed by atoms with van der Waals surface area (Å²) in [7, 11) is 0. The molecule has 1 saturated heterocycles. The highest BCUT2D eigenvalue weighted by atomic mass is 16.5. The van der Waals surface area contributed by atoms with E-state index < -0.39 is 0 Å². The minimum Gasteiger partial charge on any atom is -0.375 e. The SMILES string of the molecule is Cc1cc2cc(C(=O)N3CCO[C@@H](C)C3)cnc2n1-c1cccc(-c2ncn[nH]2)c1. The second-order valence-electron chi connectivity index (χ2n) is 7.57. The van der Waals surface area contributed by atoms with E-state index in [0.717, 1.165) is 28.0 Å². The Kier molecular flexibility index (Phi) is 4.55. The van der Waals surface area contributed by atoms with Crippen molar-refractivity contribution in [1.82, 2.24) is 29.6 Å². The summed E-state index contributed by atoms with van der Waals surface area (Å²) in [6.45, 7) is 5.80. The topological polar surface area (TPSA) is 88.9 Å². The first-order valence-corrected chi connectivity index (χ1v) is 9.95. The predicted molar refractivity (Wildman–Crippen MR) is 113 cm³/mol. The van der Waals surface area contributed by atoms with E-state index in [1.54, 1.807) is 6.20 Å². The molecule has 1 atom stereocenters. The summed E-state index contributed by atoms with van der Waals surface area (Å²) in [6, 6.07) is 12.0. The normalized spacial score (nSPS) is 16.9. The summed E-state index contributed by atoms with van der Waals surface area (Å²) in [4.78, 5) is 23.7. The molecule has 1 amide bonds. The number of aromatic amines is 1. The van der Waals surface area contributed by atoms with Gasteiger partial charge in [-0.05, 0) is 38.1 Å². The number of hydrogen-bond acceptors (Lipinski definition) is 5. The highest BCUT2D eigenvalue weighted by Gasteiger charge is 2.23. The van der Waals surface area contributed by atoms with E-state index in [4.69, 9.17) is 4.74 Å². The van der Waals surface area contributed by atoms with Gasteiger partial charge in [0.2, 0.25) is 0 Å². The molecule has 30 heavy (non-hydrogen) atoms. The van der Waals surface area contributed by atoms with Gasteiger partial charge < -0.3 is 9.64 Å². The number of morpholine rings is 1. The van der Waals surface area contributed by atoms with Gasteiger partial charge in [0.15, 0.2) is 5.82 Å². The number of rotatable bonds is 3. The monoisotopic (exact) mass is 402 g/mol. The molecule has 3 aromatic heterocycles. The first kappa shape index (κ1) is 18.5. The number of aromatic nitrogens is 5. The van der Waals surface area contributed by atoms with E-state index in [1.807, 2.05) is 49.1 Å². The molecule has 5 rings (SSSR count). The Labute approximate surface area is 173 Å². The number of amides is 1. The Balaban J connectivity index is 1.52. The molecule has 1 N–H and O–H groups in total. The molecule has 8 heteroatoms. The van der Waals surface area contributed by atoms with E-state index in [9.17, 15) is 4.79 Å². The van der Waals surface area contributed by atoms with Gasteiger partial charge in [-0.15, -0.1) is 0 Å². The molecule has 4 heterocycles. The fourth-order valence-corrected chi connectivity index (χ4v) is 3.99. The van der Waals surface area contributed by atoms with E-state index in [-0.39, 0.29) is 12.0 Å². The summed E-state index contributed by atoms with van der Waals surface area (Å²) >= 11 is 0. The maximum absolute atomic E-state index is 12.9. The van der Waals surface area contributed by atoms with Crippen LogP contribution in [0, 0.1) is 6.92 Å². The molecule has 1 aromatic carbocycles. The number of pyridine rings is 1. The number of fused-ring (bicyclic) bond motifs is 1. The van der Waals surface area contributed by atoms with E-state index in [2.05, 4.69) is 30.8 Å². The number of nitrogens with zero attached hydrogens (tertiary/aromatic N) is 5. The van der Waals surface area contributed by atoms with Gasteiger partial charge in [0.25, 0.3) is 5.91 Å². The molecule has 1 aliphatic heterocycles. The Morgan fingerprint density at radius 3 is 2.93 bits per heavy atom. The summed E-state index contributed by atoms with van der Waals surface area (Å²) in [6.07, 6.45) is 3.22. The Morgan fingerprint density at radius 1 is 1.23 bits per heavy atom. The number of ether oxygens (including phenoxy) is 1. The van der Waals surface area contributed by atoms with E-state index in [1.165, 1.54) is 6.33 Å². The summed E-state index contributed by atoms with van der Waals surface area (Å²) in [5.74, 6) is 0.712. The van der Waals surface area contributed by atoms with Crippen molar-refractivity contribution in [3.05, 3.63) is 60.2 Å². The maximum Gasteiger partial charge on any atom is 0.255 e. The molecular weight excluding hydrogens is 380 g/mol. The van der Waals surface area contributed by atoms with E-state index in [0.29, 0.717) is 31.1 Å². The fourth-order valence-electron chi connectivity index (χ4n) is 3.99. The van der Waals surface area contributed by atoms with Gasteiger partial charge in [-0.25, -0.2) is 9.97 Å². The lowest BCUT2D eigenvalue weighted by molar-refractivity contribution is -0.0124. The zero-order chi connectivity index (χ0) is 20.7. The van der Waals surface area contributed by atoms with Crippen LogP contribution in [0.3, 0.4) is 0 Å². The van der Waals surface area contributed by atoms with Crippen LogP contribution in [-0.4, -0.2) is 61.3 Å². The van der Waals surface area contributed by atoms with Crippen LogP contribution in [0.2, 0.25) is 0 Å². The number of aryl methyl sites for hydroxylation is 1. The van der Waals surface area contributed by atoms with Crippen molar-refractivity contribution in [2.45, 2.75) is 20.0 Å². The molecule has 1 fully saturated rings. The molecule has 0 spiro atoms. The van der Waals surface area contributed by atoms with Crippen LogP contribution in [0.15, 0.2) is 48.9 Å². The third-order valence-electron chi connectivity index (χ3n) is 5.39. The van der Waals surface area contributed by atoms with Gasteiger partial charge in [0, 0.05) is 41.6 Å². The van der Waals surface area contributed by atoms with Crippen molar-refractivity contribution in [2.24, 2.45) is 0 Å². The van der Waals surface area contributed by atoms with Crippen LogP contribution in [0.1, 0.15) is 23.0 Å². The van der Waals surface area contributed by atoms with Crippen molar-refractivity contribution in [3.8, 4) is 17.1 Å². The van der Waals surface area contributed by atoms with Crippen molar-refractivity contribution in [2.75, 3.05) is 19.7 Å². The smallest absolute Gasteiger partial charge is 0.255 e. The first-order valence-electron chi connectivity index (χ1n) is 9.95. The highest BCUT2D eigenvalue weighted by Crippen LogP contribution is 2.26. The van der Waals surface area contributed by atoms with Gasteiger partial charge in [0.1, 0.15) is 12.0 Å². The van der Waals surface area contributed by atoms with Gasteiger partial charge in [-0.2, -0.15) is 5.10 Å². The Bertz CT molecular complexity index is 1210. The Hall–Kier alpha value is -3.52. The van der Waals surface area contributed by atoms with Crippen molar-refractivity contribution in [3.63, 3.8) is 0 Å². The van der Waals surface area contributed by atoms with Crippen molar-refractivity contribution >= 4 is 16.9 Å². The number of carbonyl (C=O) groups is 1. The molecule has 0 unspecified atom stereocenters. The minimum atomic E-state index is -0.00253. The van der Waals surface area contributed by atoms with Gasteiger partial charge >= 0.3 is 0 Å². The van der Waals surface area contributed by atoms with Gasteiger partial charge in [-0.3, -0.25) is 14.5 Å². The fraction of sp³-hybridized carbons (Fsp3) is 0.273. The van der Waals surface area contributed by atoms with E-state index >= 15 is 0 Å². The lowest BCUT2D eigenvalue weighted by Gasteiger charge is -2.31. The van der Waals surface area contributed by atoms with Crippen LogP contribution in [0.25, 0.3) is 28.1 Å². The lowest BCUT2D eigenvalue weighted by atomic mass is 10.2. The standard InChI is InChI=1S/C22H22N6O2/c1-14-8-17-9-18(22(29)27-6-7-30-15(2)12-27)11-23-21(17)28(14)19-5-3-4-16(10-19)20-24-13-25-26-20/h3-5,8-11,13,15H,6-7,12H2,1-2H3,(H,24,25,26)/t15-/m0/s1. The number of hydrogen-bond donors (Lipinski definition) is 1. The number of carbonyl (C=O) groups excluding carboxylic acids is 1. The highest BCUT2D eigenvalue weighted by molar-refractivity contribution is 5.97. The average Bonchev–Trinajstić information content (AvgIpc) is 3.40. The number of benzene rings is 1. The van der Waals surface area contributed by atoms with Gasteiger partial charge in [-0.1, -0.05) is 12.1 Å². The number of nitrogens with one attached hydrogen (secondary N) is 1. The van der Waals surface area contributed by atoms with Crippen LogP contribution < -0.4 is 0 Å². The molecule has 1 aliphatic rings. The molecule has 4 aromatic rings. The zero-order valence-electron chi connectivity index (χ0n) is 16.9. The summed E-state index contributed by atoms with van der Waals surface area (Å²) in [5, 5.41) is 7.76. The molecule has 0 bridgehead atoms. The quantitative estimate of drug-likeness (QED) is 0.569. The molecular formula is C22H22N6O2. The van der Waals surface area contributed by atoms with Gasteiger partial charge in [0.05, 0.1) is 18.3 Å². The minimum absolute atomic E-state index is 0.00253. The molecule has 152 valence electrons. The average molecular weight is 402 g/mol. The van der Waals surface area contributed by atoms with Crippen LogP contribution >= 0.6 is 0 Å². The predicted octanol–water partition coefficient (Wildman–Crippen LogP) is 2.98. The first-order chi connectivity index (χ1) is 14.6. The lowest BCUT2D eigenvalue weighted by Crippen LogP contribution is -2.44. The largest absolute Gasteiger partial charge is 0.375 e.